The molecule has 7 heteroatoms. The average molecular weight is 236 g/mol. The minimum atomic E-state index is -3.69. The van der Waals surface area contributed by atoms with Gasteiger partial charge in [0.1, 0.15) is 0 Å². The zero-order valence-electron chi connectivity index (χ0n) is 8.84. The molecule has 15 heavy (non-hydrogen) atoms. The number of hydrogen-bond donors (Lipinski definition) is 1. The van der Waals surface area contributed by atoms with Crippen molar-refractivity contribution in [1.82, 2.24) is 9.97 Å². The molecule has 0 fully saturated rings. The highest BCUT2D eigenvalue weighted by Gasteiger charge is 2.06. The molecule has 0 unspecified atom stereocenters. The third-order valence-corrected chi connectivity index (χ3v) is 2.20. The SMILES string of the molecule is CCCCOS(=O)(=O)OC.c1c[nH]cn1. The van der Waals surface area contributed by atoms with Crippen LogP contribution >= 0.6 is 0 Å². The topological polar surface area (TPSA) is 81.3 Å². The minimum absolute atomic E-state index is 0.201. The molecule has 1 heterocycles. The first-order valence-corrected chi connectivity index (χ1v) is 5.83. The Hall–Kier alpha value is -0.920. The molecule has 1 rings (SSSR count). The molecule has 0 atom stereocenters. The van der Waals surface area contributed by atoms with Crippen LogP contribution in [0.2, 0.25) is 0 Å². The Bertz CT molecular complexity index is 292. The number of nitrogens with one attached hydrogen (secondary N) is 1. The number of imidazole rings is 1. The normalized spacial score (nSPS) is 10.5. The summed E-state index contributed by atoms with van der Waals surface area (Å²) in [5.74, 6) is 0. The standard InChI is InChI=1S/C5H12O4S.C3H4N2/c1-3-4-5-9-10(6,7)8-2;1-2-5-3-4-1/h3-5H2,1-2H3;1-3H,(H,4,5). The lowest BCUT2D eigenvalue weighted by atomic mass is 10.4. The molecule has 0 aliphatic heterocycles. The van der Waals surface area contributed by atoms with E-state index in [-0.39, 0.29) is 6.61 Å². The fourth-order valence-corrected chi connectivity index (χ4v) is 0.987. The van der Waals surface area contributed by atoms with E-state index in [0.717, 1.165) is 20.0 Å². The first-order valence-electron chi connectivity index (χ1n) is 4.50. The van der Waals surface area contributed by atoms with Gasteiger partial charge in [0.15, 0.2) is 0 Å². The zero-order valence-corrected chi connectivity index (χ0v) is 9.66. The van der Waals surface area contributed by atoms with Gasteiger partial charge in [0.25, 0.3) is 0 Å². The van der Waals surface area contributed by atoms with Crippen molar-refractivity contribution in [3.05, 3.63) is 18.7 Å². The lowest BCUT2D eigenvalue weighted by molar-refractivity contribution is 0.240. The number of rotatable bonds is 5. The highest BCUT2D eigenvalue weighted by atomic mass is 32.3. The predicted molar refractivity (Wildman–Crippen MR) is 55.4 cm³/mol. The second-order valence-corrected chi connectivity index (χ2v) is 3.90. The Balaban J connectivity index is 0.000000322. The molecule has 0 spiro atoms. The molecule has 0 aliphatic carbocycles. The number of aromatic amines is 1. The maximum absolute atomic E-state index is 10.4. The van der Waals surface area contributed by atoms with Crippen LogP contribution < -0.4 is 0 Å². The Morgan fingerprint density at radius 2 is 2.20 bits per heavy atom. The average Bonchev–Trinajstić information content (AvgIpc) is 2.76. The van der Waals surface area contributed by atoms with Crippen LogP contribution in [0.4, 0.5) is 0 Å². The van der Waals surface area contributed by atoms with E-state index in [4.69, 9.17) is 0 Å². The van der Waals surface area contributed by atoms with Crippen LogP contribution in [0.1, 0.15) is 19.8 Å². The molecule has 0 saturated carbocycles. The highest BCUT2D eigenvalue weighted by molar-refractivity contribution is 7.81. The number of aromatic nitrogens is 2. The summed E-state index contributed by atoms with van der Waals surface area (Å²) in [6.07, 6.45) is 6.71. The minimum Gasteiger partial charge on any atom is -0.351 e. The Morgan fingerprint density at radius 3 is 2.53 bits per heavy atom. The highest BCUT2D eigenvalue weighted by Crippen LogP contribution is 1.95. The van der Waals surface area contributed by atoms with Gasteiger partial charge in [-0.25, -0.2) is 9.17 Å². The van der Waals surface area contributed by atoms with Gasteiger partial charge in [-0.3, -0.25) is 4.18 Å². The number of H-pyrrole nitrogens is 1. The maximum atomic E-state index is 10.4. The van der Waals surface area contributed by atoms with Gasteiger partial charge < -0.3 is 4.98 Å². The summed E-state index contributed by atoms with van der Waals surface area (Å²) in [6.45, 7) is 2.15. The van der Waals surface area contributed by atoms with Gasteiger partial charge in [0.2, 0.25) is 0 Å². The third kappa shape index (κ3) is 9.39. The smallest absolute Gasteiger partial charge is 0.351 e. The summed E-state index contributed by atoms with van der Waals surface area (Å²) < 4.78 is 29.3. The fraction of sp³-hybridized carbons (Fsp3) is 0.625. The molecule has 0 amide bonds. The number of hydrogen-bond acceptors (Lipinski definition) is 5. The van der Waals surface area contributed by atoms with Gasteiger partial charge in [0.05, 0.1) is 20.0 Å². The molecule has 6 nitrogen and oxygen atoms in total. The van der Waals surface area contributed by atoms with E-state index in [1.54, 1.807) is 18.7 Å². The first-order chi connectivity index (χ1) is 7.12. The molecule has 0 aromatic carbocycles. The molecule has 88 valence electrons. The Morgan fingerprint density at radius 1 is 1.47 bits per heavy atom. The molecule has 0 radical (unpaired) electrons. The second kappa shape index (κ2) is 8.39. The van der Waals surface area contributed by atoms with Crippen molar-refractivity contribution >= 4 is 10.4 Å². The zero-order chi connectivity index (χ0) is 11.6. The van der Waals surface area contributed by atoms with Gasteiger partial charge in [-0.05, 0) is 6.42 Å². The van der Waals surface area contributed by atoms with Crippen LogP contribution in [0.3, 0.4) is 0 Å². The van der Waals surface area contributed by atoms with Crippen molar-refractivity contribution in [2.75, 3.05) is 13.7 Å². The Kier molecular flexibility index (Phi) is 7.88. The first kappa shape index (κ1) is 14.1. The van der Waals surface area contributed by atoms with Crippen LogP contribution in [-0.4, -0.2) is 32.1 Å². The molecule has 1 aromatic heterocycles. The van der Waals surface area contributed by atoms with Crippen LogP contribution in [-0.2, 0) is 18.8 Å². The van der Waals surface area contributed by atoms with E-state index in [0.29, 0.717) is 0 Å². The molecular weight excluding hydrogens is 220 g/mol. The van der Waals surface area contributed by atoms with Crippen LogP contribution in [0.15, 0.2) is 18.7 Å². The maximum Gasteiger partial charge on any atom is 0.399 e. The molecule has 0 aliphatic rings. The van der Waals surface area contributed by atoms with Gasteiger partial charge in [-0.1, -0.05) is 13.3 Å². The molecule has 0 bridgehead atoms. The monoisotopic (exact) mass is 236 g/mol. The number of nitrogens with zero attached hydrogens (tertiary/aromatic N) is 1. The summed E-state index contributed by atoms with van der Waals surface area (Å²) in [6, 6.07) is 0. The van der Waals surface area contributed by atoms with E-state index < -0.39 is 10.4 Å². The van der Waals surface area contributed by atoms with E-state index in [1.165, 1.54) is 0 Å². The van der Waals surface area contributed by atoms with Gasteiger partial charge in [0, 0.05) is 12.4 Å². The summed E-state index contributed by atoms with van der Waals surface area (Å²) in [5.41, 5.74) is 0. The quantitative estimate of drug-likeness (QED) is 0.774. The number of unbranched alkanes of at least 4 members (excludes halogenated alkanes) is 1. The lowest BCUT2D eigenvalue weighted by Crippen LogP contribution is -2.07. The van der Waals surface area contributed by atoms with E-state index in [2.05, 4.69) is 18.3 Å². The van der Waals surface area contributed by atoms with E-state index >= 15 is 0 Å². The lowest BCUT2D eigenvalue weighted by Gasteiger charge is -1.99. The predicted octanol–water partition coefficient (Wildman–Crippen LogP) is 1.10. The van der Waals surface area contributed by atoms with Crippen LogP contribution in [0, 0.1) is 0 Å². The largest absolute Gasteiger partial charge is 0.399 e. The van der Waals surface area contributed by atoms with Crippen molar-refractivity contribution in [1.29, 1.82) is 0 Å². The van der Waals surface area contributed by atoms with Gasteiger partial charge in [-0.2, -0.15) is 8.42 Å². The van der Waals surface area contributed by atoms with Crippen molar-refractivity contribution in [3.63, 3.8) is 0 Å². The Labute approximate surface area is 90.0 Å². The van der Waals surface area contributed by atoms with Gasteiger partial charge >= 0.3 is 10.4 Å². The molecule has 0 saturated heterocycles. The van der Waals surface area contributed by atoms with Crippen LogP contribution in [0.25, 0.3) is 0 Å². The van der Waals surface area contributed by atoms with Crippen molar-refractivity contribution in [3.8, 4) is 0 Å². The van der Waals surface area contributed by atoms with Crippen LogP contribution in [0.5, 0.6) is 0 Å². The van der Waals surface area contributed by atoms with Crippen molar-refractivity contribution < 1.29 is 16.8 Å². The van der Waals surface area contributed by atoms with Gasteiger partial charge in [-0.15, -0.1) is 0 Å². The van der Waals surface area contributed by atoms with E-state index in [9.17, 15) is 8.42 Å². The summed E-state index contributed by atoms with van der Waals surface area (Å²) in [7, 11) is -2.62. The van der Waals surface area contributed by atoms with E-state index in [1.807, 2.05) is 6.92 Å². The van der Waals surface area contributed by atoms with Crippen molar-refractivity contribution in [2.24, 2.45) is 0 Å². The summed E-state index contributed by atoms with van der Waals surface area (Å²) in [5, 5.41) is 0. The summed E-state index contributed by atoms with van der Waals surface area (Å²) in [4.78, 5) is 6.42. The third-order valence-electron chi connectivity index (χ3n) is 1.34. The molecular formula is C8H16N2O4S. The second-order valence-electron chi connectivity index (χ2n) is 2.51. The molecule has 1 aromatic rings. The fourth-order valence-electron chi connectivity index (χ4n) is 0.569. The van der Waals surface area contributed by atoms with Crippen molar-refractivity contribution in [2.45, 2.75) is 19.8 Å². The summed E-state index contributed by atoms with van der Waals surface area (Å²) >= 11 is 0. The molecule has 1 N–H and O–H groups in total.